The minimum Gasteiger partial charge on any atom is -0.370 e. The summed E-state index contributed by atoms with van der Waals surface area (Å²) in [6.45, 7) is 11.1. The van der Waals surface area contributed by atoms with E-state index < -0.39 is 5.54 Å². The number of aryl methyl sites for hydroxylation is 2. The van der Waals surface area contributed by atoms with Crippen LogP contribution in [0.1, 0.15) is 51.2 Å². The summed E-state index contributed by atoms with van der Waals surface area (Å²) in [5, 5.41) is 3.38. The Balaban J connectivity index is 2.39. The van der Waals surface area contributed by atoms with Crippen molar-refractivity contribution >= 4 is 17.3 Å². The monoisotopic (exact) mass is 274 g/mol. The van der Waals surface area contributed by atoms with Gasteiger partial charge in [-0.3, -0.25) is 4.79 Å². The lowest BCUT2D eigenvalue weighted by atomic mass is 9.95. The number of nitrogens with one attached hydrogen (secondary N) is 1. The van der Waals surface area contributed by atoms with Crippen LogP contribution in [0.5, 0.6) is 0 Å². The molecule has 0 saturated heterocycles. The van der Waals surface area contributed by atoms with Crippen LogP contribution in [0.15, 0.2) is 12.1 Å². The molecule has 0 spiro atoms. The average molecular weight is 274 g/mol. The van der Waals surface area contributed by atoms with Crippen molar-refractivity contribution in [1.82, 2.24) is 0 Å². The molecule has 1 aliphatic heterocycles. The van der Waals surface area contributed by atoms with E-state index >= 15 is 0 Å². The quantitative estimate of drug-likeness (QED) is 0.841. The predicted molar refractivity (Wildman–Crippen MR) is 85.5 cm³/mol. The van der Waals surface area contributed by atoms with E-state index in [9.17, 15) is 4.79 Å². The fourth-order valence-electron chi connectivity index (χ4n) is 2.70. The molecule has 20 heavy (non-hydrogen) atoms. The first-order valence-corrected chi connectivity index (χ1v) is 7.58. The molecule has 110 valence electrons. The van der Waals surface area contributed by atoms with Crippen LogP contribution >= 0.6 is 0 Å². The van der Waals surface area contributed by atoms with Gasteiger partial charge in [0.25, 0.3) is 5.91 Å². The average Bonchev–Trinajstić information content (AvgIpc) is 2.37. The van der Waals surface area contributed by atoms with Gasteiger partial charge in [0.2, 0.25) is 0 Å². The molecule has 0 atom stereocenters. The number of unbranched alkanes of at least 4 members (excludes halogenated alkanes) is 2. The molecular formula is C17H26N2O. The molecule has 0 fully saturated rings. The van der Waals surface area contributed by atoms with Gasteiger partial charge in [0.15, 0.2) is 0 Å². The van der Waals surface area contributed by atoms with Gasteiger partial charge in [0.1, 0.15) is 5.54 Å². The van der Waals surface area contributed by atoms with E-state index in [1.807, 2.05) is 18.7 Å². The Kier molecular flexibility index (Phi) is 4.07. The number of carbonyl (C=O) groups excluding carboxylic acids is 1. The second kappa shape index (κ2) is 5.47. The fourth-order valence-corrected chi connectivity index (χ4v) is 2.70. The predicted octanol–water partition coefficient (Wildman–Crippen LogP) is 4.03. The van der Waals surface area contributed by atoms with E-state index in [0.717, 1.165) is 30.8 Å². The Morgan fingerprint density at radius 3 is 2.45 bits per heavy atom. The second-order valence-corrected chi connectivity index (χ2v) is 6.37. The van der Waals surface area contributed by atoms with Crippen LogP contribution in [0, 0.1) is 13.8 Å². The van der Waals surface area contributed by atoms with Crippen LogP contribution in [0.3, 0.4) is 0 Å². The third-order valence-corrected chi connectivity index (χ3v) is 4.12. The number of amides is 1. The molecule has 0 aromatic heterocycles. The molecule has 0 radical (unpaired) electrons. The highest BCUT2D eigenvalue weighted by Crippen LogP contribution is 2.37. The maximum absolute atomic E-state index is 12.7. The molecule has 2 rings (SSSR count). The smallest absolute Gasteiger partial charge is 0.252 e. The Morgan fingerprint density at radius 1 is 1.15 bits per heavy atom. The zero-order valence-corrected chi connectivity index (χ0v) is 13.3. The summed E-state index contributed by atoms with van der Waals surface area (Å²) in [5.74, 6) is 0.171. The van der Waals surface area contributed by atoms with Crippen molar-refractivity contribution in [3.05, 3.63) is 23.3 Å². The zero-order valence-electron chi connectivity index (χ0n) is 13.3. The lowest BCUT2D eigenvalue weighted by Gasteiger charge is -2.40. The van der Waals surface area contributed by atoms with Crippen LogP contribution in [0.4, 0.5) is 11.4 Å². The summed E-state index contributed by atoms with van der Waals surface area (Å²) >= 11 is 0. The van der Waals surface area contributed by atoms with E-state index in [4.69, 9.17) is 0 Å². The molecule has 0 unspecified atom stereocenters. The third kappa shape index (κ3) is 2.67. The Labute approximate surface area is 122 Å². The summed E-state index contributed by atoms with van der Waals surface area (Å²) < 4.78 is 0. The normalized spacial score (nSPS) is 16.9. The maximum atomic E-state index is 12.7. The summed E-state index contributed by atoms with van der Waals surface area (Å²) in [6, 6.07) is 4.29. The zero-order chi connectivity index (χ0) is 14.9. The van der Waals surface area contributed by atoms with Gasteiger partial charge in [-0.05, 0) is 57.4 Å². The molecule has 1 N–H and O–H groups in total. The van der Waals surface area contributed by atoms with Crippen molar-refractivity contribution in [1.29, 1.82) is 0 Å². The van der Waals surface area contributed by atoms with Gasteiger partial charge < -0.3 is 10.2 Å². The maximum Gasteiger partial charge on any atom is 0.252 e. The Bertz CT molecular complexity index is 520. The molecule has 0 saturated carbocycles. The van der Waals surface area contributed by atoms with Gasteiger partial charge in [0.05, 0.1) is 11.4 Å². The van der Waals surface area contributed by atoms with E-state index in [-0.39, 0.29) is 5.91 Å². The number of hydrogen-bond donors (Lipinski definition) is 1. The molecule has 1 heterocycles. The largest absolute Gasteiger partial charge is 0.370 e. The molecule has 1 aliphatic rings. The number of fused-ring (bicyclic) bond motifs is 1. The van der Waals surface area contributed by atoms with Gasteiger partial charge in [-0.15, -0.1) is 0 Å². The first kappa shape index (κ1) is 14.9. The van der Waals surface area contributed by atoms with Crippen LogP contribution < -0.4 is 10.2 Å². The molecule has 1 aromatic carbocycles. The van der Waals surface area contributed by atoms with E-state index in [1.165, 1.54) is 17.5 Å². The van der Waals surface area contributed by atoms with Crippen molar-refractivity contribution in [2.75, 3.05) is 16.8 Å². The van der Waals surface area contributed by atoms with Gasteiger partial charge in [-0.25, -0.2) is 0 Å². The Hall–Kier alpha value is -1.51. The lowest BCUT2D eigenvalue weighted by Crippen LogP contribution is -2.54. The number of anilines is 2. The van der Waals surface area contributed by atoms with Crippen molar-refractivity contribution < 1.29 is 4.79 Å². The van der Waals surface area contributed by atoms with E-state index in [1.54, 1.807) is 0 Å². The fraction of sp³-hybridized carbons (Fsp3) is 0.588. The number of hydrogen-bond acceptors (Lipinski definition) is 2. The van der Waals surface area contributed by atoms with Gasteiger partial charge in [-0.1, -0.05) is 19.8 Å². The molecule has 0 aliphatic carbocycles. The SMILES string of the molecule is CCCCCN1C(=O)C(C)(C)Nc2cc(C)c(C)cc21. The van der Waals surface area contributed by atoms with Crippen molar-refractivity contribution in [2.24, 2.45) is 0 Å². The first-order chi connectivity index (χ1) is 9.36. The van der Waals surface area contributed by atoms with Crippen molar-refractivity contribution in [2.45, 2.75) is 59.4 Å². The van der Waals surface area contributed by atoms with Crippen molar-refractivity contribution in [3.8, 4) is 0 Å². The van der Waals surface area contributed by atoms with Crippen molar-refractivity contribution in [3.63, 3.8) is 0 Å². The second-order valence-electron chi connectivity index (χ2n) is 6.37. The molecule has 1 aromatic rings. The van der Waals surface area contributed by atoms with Crippen LogP contribution in [-0.4, -0.2) is 18.0 Å². The topological polar surface area (TPSA) is 32.3 Å². The van der Waals surface area contributed by atoms with Gasteiger partial charge in [0, 0.05) is 6.54 Å². The number of carbonyl (C=O) groups is 1. The highest BCUT2D eigenvalue weighted by Gasteiger charge is 2.38. The molecular weight excluding hydrogens is 248 g/mol. The van der Waals surface area contributed by atoms with Crippen LogP contribution in [-0.2, 0) is 4.79 Å². The van der Waals surface area contributed by atoms with Gasteiger partial charge in [-0.2, -0.15) is 0 Å². The molecule has 3 nitrogen and oxygen atoms in total. The number of benzene rings is 1. The summed E-state index contributed by atoms with van der Waals surface area (Å²) in [5.41, 5.74) is 4.08. The molecule has 3 heteroatoms. The lowest BCUT2D eigenvalue weighted by molar-refractivity contribution is -0.122. The first-order valence-electron chi connectivity index (χ1n) is 7.58. The third-order valence-electron chi connectivity index (χ3n) is 4.12. The number of rotatable bonds is 4. The molecule has 0 bridgehead atoms. The molecule has 1 amide bonds. The summed E-state index contributed by atoms with van der Waals surface area (Å²) in [6.07, 6.45) is 3.39. The summed E-state index contributed by atoms with van der Waals surface area (Å²) in [4.78, 5) is 14.6. The standard InChI is InChI=1S/C17H26N2O/c1-6-7-8-9-19-15-11-13(3)12(2)10-14(15)18-17(4,5)16(19)20/h10-11,18H,6-9H2,1-5H3. The highest BCUT2D eigenvalue weighted by molar-refractivity contribution is 6.07. The van der Waals surface area contributed by atoms with E-state index in [0.29, 0.717) is 0 Å². The minimum absolute atomic E-state index is 0.171. The van der Waals surface area contributed by atoms with E-state index in [2.05, 4.69) is 38.2 Å². The highest BCUT2D eigenvalue weighted by atomic mass is 16.2. The summed E-state index contributed by atoms with van der Waals surface area (Å²) in [7, 11) is 0. The number of nitrogens with zero attached hydrogens (tertiary/aromatic N) is 1. The Morgan fingerprint density at radius 2 is 1.80 bits per heavy atom. The van der Waals surface area contributed by atoms with Crippen LogP contribution in [0.2, 0.25) is 0 Å². The van der Waals surface area contributed by atoms with Crippen LogP contribution in [0.25, 0.3) is 0 Å². The van der Waals surface area contributed by atoms with Gasteiger partial charge >= 0.3 is 0 Å². The minimum atomic E-state index is -0.527.